The lowest BCUT2D eigenvalue weighted by Gasteiger charge is -2.13. The van der Waals surface area contributed by atoms with Crippen LogP contribution in [0.3, 0.4) is 0 Å². The SMILES string of the molecule is CC(Nc1ncccc1F)c1ccccn1. The van der Waals surface area contributed by atoms with Crippen molar-refractivity contribution >= 4 is 5.82 Å². The van der Waals surface area contributed by atoms with E-state index < -0.39 is 0 Å². The highest BCUT2D eigenvalue weighted by Gasteiger charge is 2.09. The van der Waals surface area contributed by atoms with Crippen molar-refractivity contribution in [2.75, 3.05) is 5.32 Å². The van der Waals surface area contributed by atoms with Crippen LogP contribution in [-0.2, 0) is 0 Å². The summed E-state index contributed by atoms with van der Waals surface area (Å²) in [5.41, 5.74) is 0.854. The second-order valence-electron chi connectivity index (χ2n) is 3.45. The van der Waals surface area contributed by atoms with Crippen molar-refractivity contribution in [3.63, 3.8) is 0 Å². The standard InChI is InChI=1S/C12H12FN3/c1-9(11-6-2-3-7-14-11)16-12-10(13)5-4-8-15-12/h2-9H,1H3,(H,15,16). The summed E-state index contributed by atoms with van der Waals surface area (Å²) < 4.78 is 13.3. The molecule has 2 aromatic rings. The number of aromatic nitrogens is 2. The first-order valence-electron chi connectivity index (χ1n) is 5.05. The molecule has 1 atom stereocenters. The van der Waals surface area contributed by atoms with Gasteiger partial charge in [0.2, 0.25) is 0 Å². The van der Waals surface area contributed by atoms with Gasteiger partial charge in [-0.05, 0) is 31.2 Å². The molecule has 82 valence electrons. The first-order valence-corrected chi connectivity index (χ1v) is 5.05. The summed E-state index contributed by atoms with van der Waals surface area (Å²) in [5.74, 6) is -0.106. The van der Waals surface area contributed by atoms with Crippen LogP contribution in [-0.4, -0.2) is 9.97 Å². The van der Waals surface area contributed by atoms with Crippen molar-refractivity contribution in [3.8, 4) is 0 Å². The van der Waals surface area contributed by atoms with E-state index in [2.05, 4.69) is 15.3 Å². The lowest BCUT2D eigenvalue weighted by Crippen LogP contribution is -2.10. The third-order valence-electron chi connectivity index (χ3n) is 2.24. The number of anilines is 1. The van der Waals surface area contributed by atoms with Gasteiger partial charge in [-0.1, -0.05) is 6.07 Å². The summed E-state index contributed by atoms with van der Waals surface area (Å²) >= 11 is 0. The van der Waals surface area contributed by atoms with Crippen LogP contribution in [0.25, 0.3) is 0 Å². The molecule has 0 aliphatic rings. The molecule has 0 saturated heterocycles. The smallest absolute Gasteiger partial charge is 0.165 e. The Kier molecular flexibility index (Phi) is 3.10. The molecule has 2 rings (SSSR count). The fourth-order valence-corrected chi connectivity index (χ4v) is 1.40. The summed E-state index contributed by atoms with van der Waals surface area (Å²) in [6.07, 6.45) is 3.26. The molecule has 4 heteroatoms. The molecule has 0 aromatic carbocycles. The second kappa shape index (κ2) is 4.70. The minimum Gasteiger partial charge on any atom is -0.360 e. The summed E-state index contributed by atoms with van der Waals surface area (Å²) in [5, 5.41) is 2.98. The van der Waals surface area contributed by atoms with Crippen molar-refractivity contribution in [3.05, 3.63) is 54.2 Å². The third-order valence-corrected chi connectivity index (χ3v) is 2.24. The molecule has 0 amide bonds. The van der Waals surface area contributed by atoms with E-state index in [4.69, 9.17) is 0 Å². The Morgan fingerprint density at radius 3 is 2.62 bits per heavy atom. The maximum Gasteiger partial charge on any atom is 0.165 e. The van der Waals surface area contributed by atoms with Crippen LogP contribution in [0.4, 0.5) is 10.2 Å². The Hall–Kier alpha value is -1.97. The molecular formula is C12H12FN3. The fraction of sp³-hybridized carbons (Fsp3) is 0.167. The van der Waals surface area contributed by atoms with Crippen molar-refractivity contribution < 1.29 is 4.39 Å². The quantitative estimate of drug-likeness (QED) is 0.859. The molecular weight excluding hydrogens is 205 g/mol. The van der Waals surface area contributed by atoms with Gasteiger partial charge in [0, 0.05) is 12.4 Å². The van der Waals surface area contributed by atoms with Crippen molar-refractivity contribution in [2.45, 2.75) is 13.0 Å². The minimum atomic E-state index is -0.356. The summed E-state index contributed by atoms with van der Waals surface area (Å²) in [6.45, 7) is 1.91. The van der Waals surface area contributed by atoms with Crippen LogP contribution in [0.5, 0.6) is 0 Å². The molecule has 2 aromatic heterocycles. The highest BCUT2D eigenvalue weighted by atomic mass is 19.1. The summed E-state index contributed by atoms with van der Waals surface area (Å²) in [7, 11) is 0. The fourth-order valence-electron chi connectivity index (χ4n) is 1.40. The minimum absolute atomic E-state index is 0.0781. The lowest BCUT2D eigenvalue weighted by atomic mass is 10.2. The first-order chi connectivity index (χ1) is 7.77. The highest BCUT2D eigenvalue weighted by molar-refractivity contribution is 5.37. The molecule has 0 bridgehead atoms. The number of nitrogens with one attached hydrogen (secondary N) is 1. The van der Waals surface area contributed by atoms with E-state index in [0.29, 0.717) is 0 Å². The molecule has 0 aliphatic carbocycles. The van der Waals surface area contributed by atoms with E-state index in [1.165, 1.54) is 6.07 Å². The molecule has 3 nitrogen and oxygen atoms in total. The Morgan fingerprint density at radius 2 is 1.94 bits per heavy atom. The van der Waals surface area contributed by atoms with E-state index >= 15 is 0 Å². The number of pyridine rings is 2. The largest absolute Gasteiger partial charge is 0.360 e. The molecule has 0 aliphatic heterocycles. The Morgan fingerprint density at radius 1 is 1.12 bits per heavy atom. The van der Waals surface area contributed by atoms with Gasteiger partial charge in [0.15, 0.2) is 11.6 Å². The maximum absolute atomic E-state index is 13.3. The van der Waals surface area contributed by atoms with E-state index in [1.807, 2.05) is 25.1 Å². The van der Waals surface area contributed by atoms with Crippen molar-refractivity contribution in [2.24, 2.45) is 0 Å². The molecule has 0 radical (unpaired) electrons. The van der Waals surface area contributed by atoms with Crippen LogP contribution < -0.4 is 5.32 Å². The van der Waals surface area contributed by atoms with E-state index in [-0.39, 0.29) is 17.7 Å². The summed E-state index contributed by atoms with van der Waals surface area (Å²) in [4.78, 5) is 8.12. The van der Waals surface area contributed by atoms with Gasteiger partial charge in [0.05, 0.1) is 11.7 Å². The van der Waals surface area contributed by atoms with E-state index in [9.17, 15) is 4.39 Å². The topological polar surface area (TPSA) is 37.8 Å². The van der Waals surface area contributed by atoms with Gasteiger partial charge < -0.3 is 5.32 Å². The number of hydrogen-bond acceptors (Lipinski definition) is 3. The highest BCUT2D eigenvalue weighted by Crippen LogP contribution is 2.17. The zero-order valence-corrected chi connectivity index (χ0v) is 8.89. The zero-order chi connectivity index (χ0) is 11.4. The van der Waals surface area contributed by atoms with Crippen molar-refractivity contribution in [1.82, 2.24) is 9.97 Å². The van der Waals surface area contributed by atoms with Crippen LogP contribution in [0.1, 0.15) is 18.7 Å². The normalized spacial score (nSPS) is 12.1. The van der Waals surface area contributed by atoms with E-state index in [1.54, 1.807) is 18.5 Å². The van der Waals surface area contributed by atoms with Gasteiger partial charge in [0.25, 0.3) is 0 Å². The van der Waals surface area contributed by atoms with Gasteiger partial charge in [-0.3, -0.25) is 4.98 Å². The van der Waals surface area contributed by atoms with Gasteiger partial charge in [-0.2, -0.15) is 0 Å². The number of nitrogens with zero attached hydrogens (tertiary/aromatic N) is 2. The molecule has 0 saturated carbocycles. The zero-order valence-electron chi connectivity index (χ0n) is 8.89. The first kappa shape index (κ1) is 10.5. The maximum atomic E-state index is 13.3. The molecule has 1 N–H and O–H groups in total. The molecule has 0 fully saturated rings. The average Bonchev–Trinajstić information content (AvgIpc) is 2.33. The second-order valence-corrected chi connectivity index (χ2v) is 3.45. The van der Waals surface area contributed by atoms with Gasteiger partial charge in [-0.25, -0.2) is 9.37 Å². The van der Waals surface area contributed by atoms with Crippen LogP contribution >= 0.6 is 0 Å². The number of halogens is 1. The number of hydrogen-bond donors (Lipinski definition) is 1. The summed E-state index contributed by atoms with van der Waals surface area (Å²) in [6, 6.07) is 8.49. The van der Waals surface area contributed by atoms with Crippen LogP contribution in [0.15, 0.2) is 42.7 Å². The van der Waals surface area contributed by atoms with E-state index in [0.717, 1.165) is 5.69 Å². The Labute approximate surface area is 93.4 Å². The van der Waals surface area contributed by atoms with Crippen molar-refractivity contribution in [1.29, 1.82) is 0 Å². The molecule has 0 spiro atoms. The Balaban J connectivity index is 2.14. The molecule has 16 heavy (non-hydrogen) atoms. The predicted molar refractivity (Wildman–Crippen MR) is 60.5 cm³/mol. The average molecular weight is 217 g/mol. The van der Waals surface area contributed by atoms with Crippen LogP contribution in [0.2, 0.25) is 0 Å². The molecule has 1 unspecified atom stereocenters. The monoisotopic (exact) mass is 217 g/mol. The molecule has 2 heterocycles. The van der Waals surface area contributed by atoms with Crippen LogP contribution in [0, 0.1) is 5.82 Å². The predicted octanol–water partition coefficient (Wildman–Crippen LogP) is 2.79. The third kappa shape index (κ3) is 2.34. The van der Waals surface area contributed by atoms with Gasteiger partial charge >= 0.3 is 0 Å². The van der Waals surface area contributed by atoms with Gasteiger partial charge in [0.1, 0.15) is 0 Å². The lowest BCUT2D eigenvalue weighted by molar-refractivity contribution is 0.620. The van der Waals surface area contributed by atoms with Gasteiger partial charge in [-0.15, -0.1) is 0 Å². The Bertz CT molecular complexity index is 459. The number of rotatable bonds is 3.